The summed E-state index contributed by atoms with van der Waals surface area (Å²) in [6.45, 7) is 1.82. The van der Waals surface area contributed by atoms with Crippen molar-refractivity contribution < 1.29 is 15.0 Å². The summed E-state index contributed by atoms with van der Waals surface area (Å²) in [4.78, 5) is 16.7. The summed E-state index contributed by atoms with van der Waals surface area (Å²) in [6, 6.07) is 12.5. The van der Waals surface area contributed by atoms with Crippen LogP contribution in [0.25, 0.3) is 10.9 Å². The Hall–Kier alpha value is -3.08. The van der Waals surface area contributed by atoms with Crippen LogP contribution in [-0.2, 0) is 4.79 Å². The van der Waals surface area contributed by atoms with Gasteiger partial charge in [-0.15, -0.1) is 0 Å². The highest BCUT2D eigenvalue weighted by Crippen LogP contribution is 2.40. The van der Waals surface area contributed by atoms with Gasteiger partial charge >= 0.3 is 0 Å². The van der Waals surface area contributed by atoms with Gasteiger partial charge in [0.05, 0.1) is 0 Å². The maximum absolute atomic E-state index is 12.1. The third kappa shape index (κ3) is 2.25. The molecular formula is C19H16N2O3. The standard InChI is InChI=1S/C19H16N2O3/c1-10-7-12-13(8-18(24)20-15(12)9-17(10)23)14-6-5-11-3-2-4-16(22)19(11)21-14/h2-7,9,13,22-23H,8H2,1H3,(H,20,24)/t13-/m1/s1. The number of benzene rings is 2. The first kappa shape index (κ1) is 14.5. The van der Waals surface area contributed by atoms with Gasteiger partial charge < -0.3 is 15.5 Å². The van der Waals surface area contributed by atoms with Gasteiger partial charge in [-0.1, -0.05) is 18.2 Å². The van der Waals surface area contributed by atoms with Crippen LogP contribution in [0.1, 0.15) is 29.2 Å². The lowest BCUT2D eigenvalue weighted by molar-refractivity contribution is -0.116. The summed E-state index contributed by atoms with van der Waals surface area (Å²) >= 11 is 0. The maximum atomic E-state index is 12.1. The number of phenols is 2. The van der Waals surface area contributed by atoms with E-state index in [0.717, 1.165) is 22.2 Å². The van der Waals surface area contributed by atoms with Crippen molar-refractivity contribution >= 4 is 22.5 Å². The molecule has 0 radical (unpaired) electrons. The van der Waals surface area contributed by atoms with Crippen LogP contribution in [0.3, 0.4) is 0 Å². The number of amides is 1. The van der Waals surface area contributed by atoms with E-state index in [1.54, 1.807) is 18.2 Å². The van der Waals surface area contributed by atoms with Gasteiger partial charge in [0, 0.05) is 35.2 Å². The van der Waals surface area contributed by atoms with Crippen molar-refractivity contribution in [3.8, 4) is 11.5 Å². The molecule has 5 heteroatoms. The fourth-order valence-corrected chi connectivity index (χ4v) is 3.22. The summed E-state index contributed by atoms with van der Waals surface area (Å²) in [7, 11) is 0. The van der Waals surface area contributed by atoms with Gasteiger partial charge in [0.25, 0.3) is 0 Å². The molecule has 4 rings (SSSR count). The molecule has 0 spiro atoms. The van der Waals surface area contributed by atoms with Gasteiger partial charge in [-0.3, -0.25) is 4.79 Å². The molecule has 5 nitrogen and oxygen atoms in total. The smallest absolute Gasteiger partial charge is 0.225 e. The number of carbonyl (C=O) groups is 1. The minimum atomic E-state index is -0.211. The van der Waals surface area contributed by atoms with E-state index in [1.807, 2.05) is 31.2 Å². The quantitative estimate of drug-likeness (QED) is 0.641. The average Bonchev–Trinajstić information content (AvgIpc) is 2.56. The molecule has 1 aromatic heterocycles. The maximum Gasteiger partial charge on any atom is 0.225 e. The summed E-state index contributed by atoms with van der Waals surface area (Å²) in [6.07, 6.45) is 0.281. The molecule has 0 unspecified atom stereocenters. The number of pyridine rings is 1. The lowest BCUT2D eigenvalue weighted by atomic mass is 9.86. The first-order chi connectivity index (χ1) is 11.5. The summed E-state index contributed by atoms with van der Waals surface area (Å²) in [5.74, 6) is -0.0532. The van der Waals surface area contributed by atoms with Crippen LogP contribution in [0.4, 0.5) is 5.69 Å². The second-order valence-electron chi connectivity index (χ2n) is 6.12. The highest BCUT2D eigenvalue weighted by Gasteiger charge is 2.28. The largest absolute Gasteiger partial charge is 0.508 e. The second kappa shape index (κ2) is 5.23. The molecule has 3 aromatic rings. The SMILES string of the molecule is Cc1cc2c(cc1O)NC(=O)C[C@H]2c1ccc2cccc(O)c2n1. The van der Waals surface area contributed by atoms with Crippen molar-refractivity contribution in [3.63, 3.8) is 0 Å². The van der Waals surface area contributed by atoms with Crippen molar-refractivity contribution in [2.24, 2.45) is 0 Å². The van der Waals surface area contributed by atoms with E-state index < -0.39 is 0 Å². The van der Waals surface area contributed by atoms with Gasteiger partial charge in [-0.05, 0) is 36.2 Å². The number of para-hydroxylation sites is 1. The normalized spacial score (nSPS) is 16.7. The molecule has 24 heavy (non-hydrogen) atoms. The molecule has 3 N–H and O–H groups in total. The number of phenolic OH excluding ortho intramolecular Hbond substituents is 2. The zero-order valence-corrected chi connectivity index (χ0v) is 13.1. The van der Waals surface area contributed by atoms with Crippen molar-refractivity contribution in [3.05, 3.63) is 59.3 Å². The van der Waals surface area contributed by atoms with Gasteiger partial charge in [0.2, 0.25) is 5.91 Å². The van der Waals surface area contributed by atoms with E-state index >= 15 is 0 Å². The fourth-order valence-electron chi connectivity index (χ4n) is 3.22. The van der Waals surface area contributed by atoms with E-state index in [2.05, 4.69) is 10.3 Å². The predicted molar refractivity (Wildman–Crippen MR) is 91.3 cm³/mol. The van der Waals surface area contributed by atoms with Crippen LogP contribution in [0.2, 0.25) is 0 Å². The number of anilines is 1. The summed E-state index contributed by atoms with van der Waals surface area (Å²) < 4.78 is 0. The van der Waals surface area contributed by atoms with Crippen LogP contribution >= 0.6 is 0 Å². The van der Waals surface area contributed by atoms with Crippen LogP contribution in [0.15, 0.2) is 42.5 Å². The predicted octanol–water partition coefficient (Wildman–Crippen LogP) is 3.43. The van der Waals surface area contributed by atoms with E-state index in [9.17, 15) is 15.0 Å². The molecule has 0 bridgehead atoms. The topological polar surface area (TPSA) is 82.5 Å². The van der Waals surface area contributed by atoms with E-state index in [0.29, 0.717) is 11.2 Å². The number of nitrogens with one attached hydrogen (secondary N) is 1. The van der Waals surface area contributed by atoms with E-state index in [1.165, 1.54) is 0 Å². The zero-order valence-electron chi connectivity index (χ0n) is 13.1. The van der Waals surface area contributed by atoms with Crippen molar-refractivity contribution in [2.75, 3.05) is 5.32 Å². The number of hydrogen-bond donors (Lipinski definition) is 3. The Bertz CT molecular complexity index is 982. The molecule has 0 fully saturated rings. The number of aryl methyl sites for hydroxylation is 1. The number of aromatic hydroxyl groups is 2. The monoisotopic (exact) mass is 320 g/mol. The molecule has 120 valence electrons. The molecular weight excluding hydrogens is 304 g/mol. The Morgan fingerprint density at radius 1 is 1.12 bits per heavy atom. The number of rotatable bonds is 1. The molecule has 0 aliphatic carbocycles. The first-order valence-electron chi connectivity index (χ1n) is 7.75. The summed E-state index contributed by atoms with van der Waals surface area (Å²) in [5, 5.41) is 23.6. The molecule has 0 saturated carbocycles. The molecule has 1 aliphatic rings. The van der Waals surface area contributed by atoms with Crippen molar-refractivity contribution in [1.29, 1.82) is 0 Å². The highest BCUT2D eigenvalue weighted by molar-refractivity contribution is 5.96. The van der Waals surface area contributed by atoms with Crippen LogP contribution in [0, 0.1) is 6.92 Å². The number of nitrogens with zero attached hydrogens (tertiary/aromatic N) is 1. The van der Waals surface area contributed by atoms with Crippen LogP contribution in [-0.4, -0.2) is 21.1 Å². The molecule has 0 saturated heterocycles. The molecule has 2 heterocycles. The Balaban J connectivity index is 1.90. The Labute approximate surface area is 138 Å². The fraction of sp³-hybridized carbons (Fsp3) is 0.158. The lowest BCUT2D eigenvalue weighted by Crippen LogP contribution is -2.24. The molecule has 2 aromatic carbocycles. The number of carbonyl (C=O) groups excluding carboxylic acids is 1. The number of fused-ring (bicyclic) bond motifs is 2. The second-order valence-corrected chi connectivity index (χ2v) is 6.12. The zero-order chi connectivity index (χ0) is 16.8. The van der Waals surface area contributed by atoms with Gasteiger partial charge in [0.15, 0.2) is 0 Å². The Morgan fingerprint density at radius 2 is 1.96 bits per heavy atom. The molecule has 1 aliphatic heterocycles. The van der Waals surface area contributed by atoms with Gasteiger partial charge in [-0.25, -0.2) is 4.98 Å². The minimum Gasteiger partial charge on any atom is -0.508 e. The van der Waals surface area contributed by atoms with E-state index in [4.69, 9.17) is 0 Å². The van der Waals surface area contributed by atoms with Gasteiger partial charge in [0.1, 0.15) is 17.0 Å². The number of hydrogen-bond acceptors (Lipinski definition) is 4. The van der Waals surface area contributed by atoms with Crippen LogP contribution in [0.5, 0.6) is 11.5 Å². The molecule has 1 amide bonds. The van der Waals surface area contributed by atoms with E-state index in [-0.39, 0.29) is 29.7 Å². The van der Waals surface area contributed by atoms with Crippen molar-refractivity contribution in [1.82, 2.24) is 4.98 Å². The summed E-state index contributed by atoms with van der Waals surface area (Å²) in [5.41, 5.74) is 3.53. The average molecular weight is 320 g/mol. The van der Waals surface area contributed by atoms with Crippen molar-refractivity contribution in [2.45, 2.75) is 19.3 Å². The Morgan fingerprint density at radius 3 is 2.79 bits per heavy atom. The van der Waals surface area contributed by atoms with Gasteiger partial charge in [-0.2, -0.15) is 0 Å². The lowest BCUT2D eigenvalue weighted by Gasteiger charge is -2.26. The minimum absolute atomic E-state index is 0.116. The van der Waals surface area contributed by atoms with Crippen LogP contribution < -0.4 is 5.32 Å². The third-order valence-corrected chi connectivity index (χ3v) is 4.48. The first-order valence-corrected chi connectivity index (χ1v) is 7.75. The highest BCUT2D eigenvalue weighted by atomic mass is 16.3. The third-order valence-electron chi connectivity index (χ3n) is 4.48. The number of aromatic nitrogens is 1. The Kier molecular flexibility index (Phi) is 3.16. The molecule has 1 atom stereocenters.